The van der Waals surface area contributed by atoms with E-state index in [9.17, 15) is 5.26 Å². The molecule has 1 heterocycles. The van der Waals surface area contributed by atoms with E-state index in [4.69, 9.17) is 0 Å². The lowest BCUT2D eigenvalue weighted by atomic mass is 9.88. The first kappa shape index (κ1) is 10.2. The minimum absolute atomic E-state index is 0.00602. The Labute approximate surface area is 90.9 Å². The molecule has 2 rings (SSSR count). The van der Waals surface area contributed by atoms with Crippen molar-refractivity contribution in [3.05, 3.63) is 35.9 Å². The van der Waals surface area contributed by atoms with E-state index in [1.165, 1.54) is 12.8 Å². The maximum absolute atomic E-state index is 9.24. The lowest BCUT2D eigenvalue weighted by Gasteiger charge is -2.27. The van der Waals surface area contributed by atoms with Crippen molar-refractivity contribution < 1.29 is 0 Å². The van der Waals surface area contributed by atoms with Gasteiger partial charge in [0, 0.05) is 6.04 Å². The predicted octanol–water partition coefficient (Wildman–Crippen LogP) is 2.44. The van der Waals surface area contributed by atoms with Gasteiger partial charge in [0.15, 0.2) is 0 Å². The van der Waals surface area contributed by atoms with Crippen LogP contribution in [0.15, 0.2) is 30.3 Å². The summed E-state index contributed by atoms with van der Waals surface area (Å²) >= 11 is 0. The van der Waals surface area contributed by atoms with Gasteiger partial charge in [-0.2, -0.15) is 5.26 Å². The number of benzene rings is 1. The fraction of sp³-hybridized carbons (Fsp3) is 0.462. The molecule has 0 unspecified atom stereocenters. The van der Waals surface area contributed by atoms with Gasteiger partial charge in [-0.15, -0.1) is 0 Å². The van der Waals surface area contributed by atoms with Gasteiger partial charge in [-0.05, 0) is 24.9 Å². The number of rotatable bonds is 2. The smallest absolute Gasteiger partial charge is 0.0865 e. The lowest BCUT2D eigenvalue weighted by Crippen LogP contribution is -2.38. The van der Waals surface area contributed by atoms with E-state index < -0.39 is 0 Å². The first-order chi connectivity index (χ1) is 7.42. The van der Waals surface area contributed by atoms with Gasteiger partial charge in [0.2, 0.25) is 0 Å². The molecule has 2 heteroatoms. The number of nitrogens with one attached hydrogen (secondary N) is 1. The zero-order chi connectivity index (χ0) is 10.5. The van der Waals surface area contributed by atoms with Crippen LogP contribution in [0.4, 0.5) is 0 Å². The van der Waals surface area contributed by atoms with Crippen LogP contribution >= 0.6 is 0 Å². The first-order valence-electron chi connectivity index (χ1n) is 5.60. The van der Waals surface area contributed by atoms with Crippen molar-refractivity contribution in [1.82, 2.24) is 5.32 Å². The summed E-state index contributed by atoms with van der Waals surface area (Å²) in [6.07, 6.45) is 3.60. The standard InChI is InChI=1S/C13H16N2/c14-10-12(11-6-2-1-3-7-11)13-8-4-5-9-15-13/h1-3,6-7,12-13,15H,4-5,8-9H2/t12-,13+/m0/s1. The second-order valence-corrected chi connectivity index (χ2v) is 4.07. The van der Waals surface area contributed by atoms with Crippen LogP contribution in [0.3, 0.4) is 0 Å². The second-order valence-electron chi connectivity index (χ2n) is 4.07. The molecule has 0 aromatic heterocycles. The van der Waals surface area contributed by atoms with Crippen molar-refractivity contribution in [1.29, 1.82) is 5.26 Å². The molecular formula is C13H16N2. The molecule has 1 saturated heterocycles. The maximum Gasteiger partial charge on any atom is 0.0865 e. The van der Waals surface area contributed by atoms with E-state index in [-0.39, 0.29) is 5.92 Å². The Bertz CT molecular complexity index is 333. The van der Waals surface area contributed by atoms with Crippen LogP contribution in [-0.4, -0.2) is 12.6 Å². The molecule has 1 aliphatic rings. The summed E-state index contributed by atoms with van der Waals surface area (Å²) in [5.41, 5.74) is 1.14. The van der Waals surface area contributed by atoms with E-state index in [2.05, 4.69) is 11.4 Å². The third-order valence-electron chi connectivity index (χ3n) is 3.05. The van der Waals surface area contributed by atoms with E-state index in [1.54, 1.807) is 0 Å². The van der Waals surface area contributed by atoms with Crippen molar-refractivity contribution in [2.45, 2.75) is 31.2 Å². The minimum atomic E-state index is 0.00602. The quantitative estimate of drug-likeness (QED) is 0.796. The van der Waals surface area contributed by atoms with Crippen LogP contribution in [0.1, 0.15) is 30.7 Å². The van der Waals surface area contributed by atoms with Crippen molar-refractivity contribution >= 4 is 0 Å². The Balaban J connectivity index is 2.14. The SMILES string of the molecule is N#C[C@@H](c1ccccc1)[C@H]1CCCCN1. The van der Waals surface area contributed by atoms with Crippen LogP contribution < -0.4 is 5.32 Å². The first-order valence-corrected chi connectivity index (χ1v) is 5.60. The molecule has 2 atom stereocenters. The Morgan fingerprint density at radius 2 is 2.07 bits per heavy atom. The molecule has 15 heavy (non-hydrogen) atoms. The highest BCUT2D eigenvalue weighted by Crippen LogP contribution is 2.24. The second kappa shape index (κ2) is 4.95. The Kier molecular flexibility index (Phi) is 3.37. The van der Waals surface area contributed by atoms with Gasteiger partial charge in [-0.1, -0.05) is 36.8 Å². The third-order valence-corrected chi connectivity index (χ3v) is 3.05. The van der Waals surface area contributed by atoms with Gasteiger partial charge in [0.1, 0.15) is 0 Å². The molecule has 0 amide bonds. The molecule has 78 valence electrons. The molecule has 0 radical (unpaired) electrons. The summed E-state index contributed by atoms with van der Waals surface area (Å²) in [7, 11) is 0. The van der Waals surface area contributed by atoms with Gasteiger partial charge < -0.3 is 5.32 Å². The average molecular weight is 200 g/mol. The molecule has 1 aliphatic heterocycles. The maximum atomic E-state index is 9.24. The van der Waals surface area contributed by atoms with E-state index in [0.29, 0.717) is 6.04 Å². The number of hydrogen-bond donors (Lipinski definition) is 1. The lowest BCUT2D eigenvalue weighted by molar-refractivity contribution is 0.380. The molecular weight excluding hydrogens is 184 g/mol. The normalized spacial score (nSPS) is 23.0. The van der Waals surface area contributed by atoms with Crippen molar-refractivity contribution in [2.24, 2.45) is 0 Å². The number of nitriles is 1. The summed E-state index contributed by atoms with van der Waals surface area (Å²) in [6, 6.07) is 12.9. The van der Waals surface area contributed by atoms with Crippen molar-refractivity contribution in [3.63, 3.8) is 0 Å². The molecule has 0 spiro atoms. The summed E-state index contributed by atoms with van der Waals surface area (Å²) in [5, 5.41) is 12.7. The topological polar surface area (TPSA) is 35.8 Å². The molecule has 2 nitrogen and oxygen atoms in total. The van der Waals surface area contributed by atoms with E-state index >= 15 is 0 Å². The summed E-state index contributed by atoms with van der Waals surface area (Å²) < 4.78 is 0. The zero-order valence-electron chi connectivity index (χ0n) is 8.82. The fourth-order valence-corrected chi connectivity index (χ4v) is 2.22. The summed E-state index contributed by atoms with van der Waals surface area (Å²) in [4.78, 5) is 0. The highest BCUT2D eigenvalue weighted by atomic mass is 14.9. The summed E-state index contributed by atoms with van der Waals surface area (Å²) in [5.74, 6) is 0.00602. The van der Waals surface area contributed by atoms with E-state index in [1.807, 2.05) is 30.3 Å². The predicted molar refractivity (Wildman–Crippen MR) is 60.4 cm³/mol. The zero-order valence-corrected chi connectivity index (χ0v) is 8.82. The van der Waals surface area contributed by atoms with Crippen LogP contribution in [-0.2, 0) is 0 Å². The van der Waals surface area contributed by atoms with Crippen LogP contribution in [0.2, 0.25) is 0 Å². The minimum Gasteiger partial charge on any atom is -0.312 e. The average Bonchev–Trinajstić information content (AvgIpc) is 2.33. The summed E-state index contributed by atoms with van der Waals surface area (Å²) in [6.45, 7) is 1.05. The number of piperidine rings is 1. The van der Waals surface area contributed by atoms with Crippen molar-refractivity contribution in [3.8, 4) is 6.07 Å². The largest absolute Gasteiger partial charge is 0.312 e. The Morgan fingerprint density at radius 3 is 2.67 bits per heavy atom. The number of hydrogen-bond acceptors (Lipinski definition) is 2. The highest BCUT2D eigenvalue weighted by molar-refractivity contribution is 5.27. The van der Waals surface area contributed by atoms with Crippen LogP contribution in [0, 0.1) is 11.3 Å². The molecule has 1 fully saturated rings. The Morgan fingerprint density at radius 1 is 1.27 bits per heavy atom. The van der Waals surface area contributed by atoms with Crippen molar-refractivity contribution in [2.75, 3.05) is 6.54 Å². The van der Waals surface area contributed by atoms with Gasteiger partial charge in [0.25, 0.3) is 0 Å². The molecule has 1 N–H and O–H groups in total. The third kappa shape index (κ3) is 2.37. The van der Waals surface area contributed by atoms with Crippen LogP contribution in [0.5, 0.6) is 0 Å². The van der Waals surface area contributed by atoms with Gasteiger partial charge in [-0.25, -0.2) is 0 Å². The monoisotopic (exact) mass is 200 g/mol. The van der Waals surface area contributed by atoms with E-state index in [0.717, 1.165) is 18.5 Å². The molecule has 0 saturated carbocycles. The molecule has 0 bridgehead atoms. The van der Waals surface area contributed by atoms with Crippen LogP contribution in [0.25, 0.3) is 0 Å². The molecule has 1 aromatic rings. The fourth-order valence-electron chi connectivity index (χ4n) is 2.22. The Hall–Kier alpha value is -1.33. The van der Waals surface area contributed by atoms with Gasteiger partial charge in [0.05, 0.1) is 12.0 Å². The number of nitrogens with zero attached hydrogens (tertiary/aromatic N) is 1. The molecule has 0 aliphatic carbocycles. The van der Waals surface area contributed by atoms with Gasteiger partial charge >= 0.3 is 0 Å². The highest BCUT2D eigenvalue weighted by Gasteiger charge is 2.23. The molecule has 1 aromatic carbocycles. The van der Waals surface area contributed by atoms with Gasteiger partial charge in [-0.3, -0.25) is 0 Å².